The minimum absolute atomic E-state index is 0.612. The topological polar surface area (TPSA) is 0 Å². The van der Waals surface area contributed by atoms with Gasteiger partial charge in [-0.15, -0.1) is 0 Å². The largest absolute Gasteiger partial charge is 0.0958 e. The van der Waals surface area contributed by atoms with Crippen LogP contribution in [0.4, 0.5) is 0 Å². The third-order valence-corrected chi connectivity index (χ3v) is 3.24. The van der Waals surface area contributed by atoms with Gasteiger partial charge in [-0.2, -0.15) is 0 Å². The molecule has 0 nitrogen and oxygen atoms in total. The summed E-state index contributed by atoms with van der Waals surface area (Å²) in [5.74, 6) is 0.612. The van der Waals surface area contributed by atoms with Crippen molar-refractivity contribution in [2.24, 2.45) is 5.92 Å². The van der Waals surface area contributed by atoms with Crippen molar-refractivity contribution >= 4 is 0 Å². The van der Waals surface area contributed by atoms with Crippen LogP contribution in [0.25, 0.3) is 0 Å². The van der Waals surface area contributed by atoms with Gasteiger partial charge in [-0.3, -0.25) is 0 Å². The highest BCUT2D eigenvalue weighted by atomic mass is 14.2. The summed E-state index contributed by atoms with van der Waals surface area (Å²) in [5.41, 5.74) is 5.12. The van der Waals surface area contributed by atoms with Gasteiger partial charge in [0.1, 0.15) is 0 Å². The van der Waals surface area contributed by atoms with Crippen molar-refractivity contribution in [1.29, 1.82) is 0 Å². The third kappa shape index (κ3) is 4.83. The minimum Gasteiger partial charge on any atom is -0.0958 e. The van der Waals surface area contributed by atoms with Gasteiger partial charge in [0, 0.05) is 0 Å². The van der Waals surface area contributed by atoms with E-state index < -0.39 is 0 Å². The molecule has 0 saturated carbocycles. The van der Waals surface area contributed by atoms with Crippen LogP contribution >= 0.6 is 0 Å². The highest BCUT2D eigenvalue weighted by Crippen LogP contribution is 2.29. The van der Waals surface area contributed by atoms with Crippen LogP contribution in [0, 0.1) is 5.92 Å². The zero-order valence-electron chi connectivity index (χ0n) is 11.8. The molecule has 0 aromatic carbocycles. The first-order valence-electron chi connectivity index (χ1n) is 6.44. The number of unbranched alkanes of at least 4 members (excludes halogenated alkanes) is 2. The van der Waals surface area contributed by atoms with E-state index in [2.05, 4.69) is 47.8 Å². The molecule has 0 aliphatic heterocycles. The summed E-state index contributed by atoms with van der Waals surface area (Å²) >= 11 is 0. The molecule has 0 aliphatic rings. The Balaban J connectivity index is 4.73. The van der Waals surface area contributed by atoms with E-state index in [1.807, 2.05) is 0 Å². The zero-order valence-corrected chi connectivity index (χ0v) is 11.8. The summed E-state index contributed by atoms with van der Waals surface area (Å²) < 4.78 is 0. The lowest BCUT2D eigenvalue weighted by atomic mass is 9.86. The molecule has 0 saturated heterocycles. The van der Waals surface area contributed by atoms with Crippen LogP contribution in [0.1, 0.15) is 60.3 Å². The summed E-state index contributed by atoms with van der Waals surface area (Å²) in [6, 6.07) is 0. The second-order valence-corrected chi connectivity index (χ2v) is 5.00. The highest BCUT2D eigenvalue weighted by molar-refractivity contribution is 5.41. The molecular formula is C16H28. The zero-order chi connectivity index (χ0) is 12.7. The second kappa shape index (κ2) is 7.49. The van der Waals surface area contributed by atoms with Crippen LogP contribution in [0.3, 0.4) is 0 Å². The van der Waals surface area contributed by atoms with Gasteiger partial charge >= 0.3 is 0 Å². The van der Waals surface area contributed by atoms with Gasteiger partial charge in [-0.05, 0) is 44.3 Å². The molecule has 1 unspecified atom stereocenters. The first-order valence-corrected chi connectivity index (χ1v) is 6.44. The molecule has 0 fully saturated rings. The summed E-state index contributed by atoms with van der Waals surface area (Å²) in [5, 5.41) is 0. The minimum atomic E-state index is 0.612. The average molecular weight is 220 g/mol. The molecule has 0 heterocycles. The maximum absolute atomic E-state index is 4.11. The Labute approximate surface area is 102 Å². The normalized spacial score (nSPS) is 14.3. The van der Waals surface area contributed by atoms with E-state index in [0.717, 1.165) is 0 Å². The van der Waals surface area contributed by atoms with Crippen molar-refractivity contribution in [2.45, 2.75) is 60.3 Å². The molecule has 0 bridgehead atoms. The Hall–Kier alpha value is -0.780. The number of hydrogen-bond donors (Lipinski definition) is 0. The van der Waals surface area contributed by atoms with Crippen LogP contribution in [-0.4, -0.2) is 0 Å². The molecule has 0 spiro atoms. The smallest absolute Gasteiger partial charge is 0.0185 e. The van der Waals surface area contributed by atoms with Crippen molar-refractivity contribution in [3.63, 3.8) is 0 Å². The SMILES string of the molecule is C=C(C)C(C)=C(C(=C)C)C(C)CCCCC. The summed E-state index contributed by atoms with van der Waals surface area (Å²) in [6.45, 7) is 19.1. The fraction of sp³-hybridized carbons (Fsp3) is 0.625. The summed E-state index contributed by atoms with van der Waals surface area (Å²) in [7, 11) is 0. The highest BCUT2D eigenvalue weighted by Gasteiger charge is 2.12. The fourth-order valence-corrected chi connectivity index (χ4v) is 2.19. The van der Waals surface area contributed by atoms with E-state index >= 15 is 0 Å². The Kier molecular flexibility index (Phi) is 7.12. The van der Waals surface area contributed by atoms with Crippen LogP contribution < -0.4 is 0 Å². The first-order chi connectivity index (χ1) is 7.41. The molecule has 92 valence electrons. The van der Waals surface area contributed by atoms with Gasteiger partial charge in [0.2, 0.25) is 0 Å². The maximum atomic E-state index is 4.11. The molecule has 0 aromatic heterocycles. The molecular weight excluding hydrogens is 192 g/mol. The van der Waals surface area contributed by atoms with Gasteiger partial charge in [0.15, 0.2) is 0 Å². The van der Waals surface area contributed by atoms with Crippen LogP contribution in [0.2, 0.25) is 0 Å². The number of allylic oxidation sites excluding steroid dienone is 4. The summed E-state index contributed by atoms with van der Waals surface area (Å²) in [6.07, 6.45) is 5.21. The van der Waals surface area contributed by atoms with Gasteiger partial charge in [0.25, 0.3) is 0 Å². The molecule has 1 atom stereocenters. The van der Waals surface area contributed by atoms with E-state index in [-0.39, 0.29) is 0 Å². The number of rotatable bonds is 7. The van der Waals surface area contributed by atoms with E-state index in [9.17, 15) is 0 Å². The van der Waals surface area contributed by atoms with Crippen molar-refractivity contribution < 1.29 is 0 Å². The number of hydrogen-bond acceptors (Lipinski definition) is 0. The molecule has 0 heteroatoms. The van der Waals surface area contributed by atoms with Gasteiger partial charge in [0.05, 0.1) is 0 Å². The molecule has 16 heavy (non-hydrogen) atoms. The predicted octanol–water partition coefficient (Wildman–Crippen LogP) is 5.67. The second-order valence-electron chi connectivity index (χ2n) is 5.00. The molecule has 0 aliphatic carbocycles. The third-order valence-electron chi connectivity index (χ3n) is 3.24. The van der Waals surface area contributed by atoms with E-state index in [0.29, 0.717) is 5.92 Å². The van der Waals surface area contributed by atoms with Crippen molar-refractivity contribution in [1.82, 2.24) is 0 Å². The molecule has 0 N–H and O–H groups in total. The van der Waals surface area contributed by atoms with Crippen molar-refractivity contribution in [2.75, 3.05) is 0 Å². The van der Waals surface area contributed by atoms with Crippen LogP contribution in [0.5, 0.6) is 0 Å². The lowest BCUT2D eigenvalue weighted by molar-refractivity contribution is 0.555. The quantitative estimate of drug-likeness (QED) is 0.383. The molecule has 0 rings (SSSR count). The molecule has 0 radical (unpaired) electrons. The molecule has 0 aromatic rings. The summed E-state index contributed by atoms with van der Waals surface area (Å²) in [4.78, 5) is 0. The Bertz CT molecular complexity index is 278. The monoisotopic (exact) mass is 220 g/mol. The van der Waals surface area contributed by atoms with Gasteiger partial charge < -0.3 is 0 Å². The lowest BCUT2D eigenvalue weighted by Crippen LogP contribution is -2.04. The Morgan fingerprint density at radius 1 is 1.00 bits per heavy atom. The Morgan fingerprint density at radius 3 is 1.94 bits per heavy atom. The van der Waals surface area contributed by atoms with E-state index in [1.54, 1.807) is 0 Å². The predicted molar refractivity (Wildman–Crippen MR) is 75.6 cm³/mol. The lowest BCUT2D eigenvalue weighted by Gasteiger charge is -2.20. The fourth-order valence-electron chi connectivity index (χ4n) is 2.19. The maximum Gasteiger partial charge on any atom is -0.0185 e. The van der Waals surface area contributed by atoms with Crippen LogP contribution in [0.15, 0.2) is 35.5 Å². The van der Waals surface area contributed by atoms with Crippen LogP contribution in [-0.2, 0) is 0 Å². The van der Waals surface area contributed by atoms with Crippen molar-refractivity contribution in [3.8, 4) is 0 Å². The van der Waals surface area contributed by atoms with Gasteiger partial charge in [-0.1, -0.05) is 57.4 Å². The van der Waals surface area contributed by atoms with Gasteiger partial charge in [-0.25, -0.2) is 0 Å². The average Bonchev–Trinajstić information content (AvgIpc) is 2.17. The molecule has 0 amide bonds. The first kappa shape index (κ1) is 15.2. The van der Waals surface area contributed by atoms with E-state index in [4.69, 9.17) is 0 Å². The van der Waals surface area contributed by atoms with E-state index in [1.165, 1.54) is 48.0 Å². The standard InChI is InChI=1S/C16H28/c1-8-9-10-11-14(6)16(13(4)5)15(7)12(2)3/h14H,2,4,8-11H2,1,3,5-7H3. The Morgan fingerprint density at radius 2 is 1.56 bits per heavy atom. The van der Waals surface area contributed by atoms with Crippen molar-refractivity contribution in [3.05, 3.63) is 35.5 Å².